The summed E-state index contributed by atoms with van der Waals surface area (Å²) < 4.78 is 0. The van der Waals surface area contributed by atoms with Gasteiger partial charge < -0.3 is 10.6 Å². The molecule has 0 aliphatic carbocycles. The Bertz CT molecular complexity index is 150. The zero-order valence-corrected chi connectivity index (χ0v) is 6.00. The number of hydrogen-bond donors (Lipinski definition) is 1. The quantitative estimate of drug-likeness (QED) is 0.566. The lowest BCUT2D eigenvalue weighted by Crippen LogP contribution is -2.33. The lowest BCUT2D eigenvalue weighted by molar-refractivity contribution is -0.128. The van der Waals surface area contributed by atoms with Crippen LogP contribution < -0.4 is 5.73 Å². The van der Waals surface area contributed by atoms with Gasteiger partial charge in [-0.05, 0) is 0 Å². The maximum absolute atomic E-state index is 10.7. The number of rotatable bonds is 3. The fraction of sp³-hybridized carbons (Fsp3) is 0.667. The third-order valence-corrected chi connectivity index (χ3v) is 1.16. The molecule has 0 radical (unpaired) electrons. The van der Waals surface area contributed by atoms with E-state index in [1.54, 1.807) is 7.05 Å². The Balaban J connectivity index is 3.53. The van der Waals surface area contributed by atoms with Crippen molar-refractivity contribution >= 4 is 5.91 Å². The lowest BCUT2D eigenvalue weighted by atomic mass is 10.4. The molecule has 0 saturated carbocycles. The molecule has 0 spiro atoms. The van der Waals surface area contributed by atoms with E-state index in [2.05, 4.69) is 0 Å². The molecule has 2 N–H and O–H groups in total. The first-order chi connectivity index (χ1) is 4.72. The molecule has 1 amide bonds. The minimum atomic E-state index is -0.129. The van der Waals surface area contributed by atoms with Gasteiger partial charge in [-0.3, -0.25) is 4.79 Å². The van der Waals surface area contributed by atoms with Crippen molar-refractivity contribution in [3.63, 3.8) is 0 Å². The Morgan fingerprint density at radius 1 is 1.80 bits per heavy atom. The maximum atomic E-state index is 10.7. The van der Waals surface area contributed by atoms with E-state index in [1.807, 2.05) is 6.07 Å². The average Bonchev–Trinajstić information content (AvgIpc) is 1.98. The summed E-state index contributed by atoms with van der Waals surface area (Å²) in [5.41, 5.74) is 5.07. The highest BCUT2D eigenvalue weighted by Crippen LogP contribution is 1.84. The Labute approximate surface area is 60.2 Å². The summed E-state index contributed by atoms with van der Waals surface area (Å²) in [6, 6.07) is 1.94. The fourth-order valence-electron chi connectivity index (χ4n) is 0.498. The number of nitrogens with two attached hydrogens (primary N) is 1. The molecule has 0 heterocycles. The van der Waals surface area contributed by atoms with Gasteiger partial charge >= 0.3 is 0 Å². The van der Waals surface area contributed by atoms with Gasteiger partial charge in [-0.1, -0.05) is 0 Å². The highest BCUT2D eigenvalue weighted by Gasteiger charge is 2.03. The molecular formula is C6H11N3O. The highest BCUT2D eigenvalue weighted by molar-refractivity contribution is 5.77. The van der Waals surface area contributed by atoms with Gasteiger partial charge in [-0.2, -0.15) is 5.26 Å². The fourth-order valence-corrected chi connectivity index (χ4v) is 0.498. The molecular weight excluding hydrogens is 130 g/mol. The molecule has 0 aliphatic heterocycles. The van der Waals surface area contributed by atoms with Crippen LogP contribution in [0.15, 0.2) is 0 Å². The summed E-state index contributed by atoms with van der Waals surface area (Å²) >= 11 is 0. The van der Waals surface area contributed by atoms with Crippen LogP contribution in [-0.4, -0.2) is 30.9 Å². The first-order valence-corrected chi connectivity index (χ1v) is 3.03. The molecule has 10 heavy (non-hydrogen) atoms. The normalized spacial score (nSPS) is 8.50. The largest absolute Gasteiger partial charge is 0.344 e. The molecule has 0 aromatic heterocycles. The Kier molecular flexibility index (Phi) is 4.25. The second-order valence-electron chi connectivity index (χ2n) is 1.93. The van der Waals surface area contributed by atoms with Crippen molar-refractivity contribution in [2.45, 2.75) is 6.42 Å². The Hall–Kier alpha value is -1.08. The van der Waals surface area contributed by atoms with E-state index in [-0.39, 0.29) is 12.5 Å². The third kappa shape index (κ3) is 3.05. The van der Waals surface area contributed by atoms with Crippen LogP contribution in [0.25, 0.3) is 0 Å². The van der Waals surface area contributed by atoms with Gasteiger partial charge in [0.2, 0.25) is 5.91 Å². The van der Waals surface area contributed by atoms with Crippen LogP contribution in [0.4, 0.5) is 0 Å². The molecule has 0 atom stereocenters. The van der Waals surface area contributed by atoms with Gasteiger partial charge in [0.05, 0.1) is 19.0 Å². The number of amides is 1. The average molecular weight is 141 g/mol. The van der Waals surface area contributed by atoms with Crippen LogP contribution in [0.1, 0.15) is 6.42 Å². The molecule has 0 aromatic rings. The molecule has 0 aliphatic rings. The monoisotopic (exact) mass is 141 g/mol. The van der Waals surface area contributed by atoms with Crippen LogP contribution in [0.3, 0.4) is 0 Å². The van der Waals surface area contributed by atoms with Crippen molar-refractivity contribution in [2.75, 3.05) is 20.1 Å². The molecule has 4 heteroatoms. The molecule has 0 unspecified atom stereocenters. The molecule has 4 nitrogen and oxygen atoms in total. The van der Waals surface area contributed by atoms with E-state index >= 15 is 0 Å². The summed E-state index contributed by atoms with van der Waals surface area (Å²) in [7, 11) is 1.63. The predicted octanol–water partition coefficient (Wildman–Crippen LogP) is -0.683. The number of likely N-dealkylation sites (N-methyl/N-ethyl adjacent to an activating group) is 1. The van der Waals surface area contributed by atoms with Crippen LogP contribution in [-0.2, 0) is 4.79 Å². The van der Waals surface area contributed by atoms with Crippen molar-refractivity contribution in [1.82, 2.24) is 4.90 Å². The molecule has 0 fully saturated rings. The maximum Gasteiger partial charge on any atom is 0.236 e. The molecule has 0 bridgehead atoms. The third-order valence-electron chi connectivity index (χ3n) is 1.16. The smallest absolute Gasteiger partial charge is 0.236 e. The van der Waals surface area contributed by atoms with Crippen LogP contribution >= 0.6 is 0 Å². The van der Waals surface area contributed by atoms with Crippen molar-refractivity contribution in [1.29, 1.82) is 5.26 Å². The van der Waals surface area contributed by atoms with Crippen molar-refractivity contribution in [2.24, 2.45) is 5.73 Å². The molecule has 0 rings (SSSR count). The van der Waals surface area contributed by atoms with Crippen molar-refractivity contribution in [3.8, 4) is 6.07 Å². The van der Waals surface area contributed by atoms with E-state index in [0.717, 1.165) is 0 Å². The zero-order valence-electron chi connectivity index (χ0n) is 6.00. The number of hydrogen-bond acceptors (Lipinski definition) is 3. The van der Waals surface area contributed by atoms with Gasteiger partial charge in [0.25, 0.3) is 0 Å². The predicted molar refractivity (Wildman–Crippen MR) is 36.9 cm³/mol. The van der Waals surface area contributed by atoms with E-state index in [4.69, 9.17) is 11.0 Å². The van der Waals surface area contributed by atoms with E-state index < -0.39 is 0 Å². The summed E-state index contributed by atoms with van der Waals surface area (Å²) in [6.07, 6.45) is 0.363. The summed E-state index contributed by atoms with van der Waals surface area (Å²) in [4.78, 5) is 12.2. The number of carbonyl (C=O) groups excluding carboxylic acids is 1. The number of nitriles is 1. The Morgan fingerprint density at radius 2 is 2.40 bits per heavy atom. The van der Waals surface area contributed by atoms with E-state index in [1.165, 1.54) is 4.90 Å². The SMILES string of the molecule is CN(CCC#N)C(=O)CN. The van der Waals surface area contributed by atoms with Gasteiger partial charge in [0.1, 0.15) is 0 Å². The zero-order chi connectivity index (χ0) is 7.98. The summed E-state index contributed by atoms with van der Waals surface area (Å²) in [5.74, 6) is -0.129. The van der Waals surface area contributed by atoms with Gasteiger partial charge in [0.15, 0.2) is 0 Å². The van der Waals surface area contributed by atoms with Crippen LogP contribution in [0.5, 0.6) is 0 Å². The summed E-state index contributed by atoms with van der Waals surface area (Å²) in [6.45, 7) is 0.481. The molecule has 0 aromatic carbocycles. The van der Waals surface area contributed by atoms with Crippen LogP contribution in [0.2, 0.25) is 0 Å². The second-order valence-corrected chi connectivity index (χ2v) is 1.93. The van der Waals surface area contributed by atoms with E-state index in [0.29, 0.717) is 13.0 Å². The van der Waals surface area contributed by atoms with Crippen molar-refractivity contribution < 1.29 is 4.79 Å². The van der Waals surface area contributed by atoms with Gasteiger partial charge in [0, 0.05) is 13.6 Å². The lowest BCUT2D eigenvalue weighted by Gasteiger charge is -2.12. The first kappa shape index (κ1) is 8.92. The van der Waals surface area contributed by atoms with Crippen molar-refractivity contribution in [3.05, 3.63) is 0 Å². The standard InChI is InChI=1S/C6H11N3O/c1-9(4-2-3-7)6(10)5-8/h2,4-5,8H2,1H3. The number of nitrogens with zero attached hydrogens (tertiary/aromatic N) is 2. The first-order valence-electron chi connectivity index (χ1n) is 3.03. The highest BCUT2D eigenvalue weighted by atomic mass is 16.2. The van der Waals surface area contributed by atoms with E-state index in [9.17, 15) is 4.79 Å². The summed E-state index contributed by atoms with van der Waals surface area (Å²) in [5, 5.41) is 8.15. The number of carbonyl (C=O) groups is 1. The minimum Gasteiger partial charge on any atom is -0.344 e. The van der Waals surface area contributed by atoms with Gasteiger partial charge in [-0.15, -0.1) is 0 Å². The second kappa shape index (κ2) is 4.77. The Morgan fingerprint density at radius 3 is 2.80 bits per heavy atom. The van der Waals surface area contributed by atoms with Crippen LogP contribution in [0, 0.1) is 11.3 Å². The topological polar surface area (TPSA) is 70.1 Å². The minimum absolute atomic E-state index is 0.0158. The van der Waals surface area contributed by atoms with Gasteiger partial charge in [-0.25, -0.2) is 0 Å². The molecule has 0 saturated heterocycles. The molecule has 56 valence electrons.